The van der Waals surface area contributed by atoms with Crippen molar-refractivity contribution in [3.05, 3.63) is 53.0 Å². The van der Waals surface area contributed by atoms with Crippen LogP contribution in [-0.4, -0.2) is 37.2 Å². The van der Waals surface area contributed by atoms with Crippen LogP contribution in [0, 0.1) is 0 Å². The molecule has 4 rings (SSSR count). The number of methoxy groups -OCH3 is 1. The van der Waals surface area contributed by atoms with Gasteiger partial charge < -0.3 is 19.0 Å². The van der Waals surface area contributed by atoms with Gasteiger partial charge in [-0.2, -0.15) is 5.10 Å². The third kappa shape index (κ3) is 2.42. The first-order valence-corrected chi connectivity index (χ1v) is 7.43. The summed E-state index contributed by atoms with van der Waals surface area (Å²) in [6, 6.07) is 3.50. The molecular formula is C16H14N6O3. The van der Waals surface area contributed by atoms with E-state index in [1.807, 2.05) is 0 Å². The summed E-state index contributed by atoms with van der Waals surface area (Å²) in [6.45, 7) is 0. The maximum absolute atomic E-state index is 12.5. The Labute approximate surface area is 140 Å². The van der Waals surface area contributed by atoms with Gasteiger partial charge in [0.05, 0.1) is 24.5 Å². The van der Waals surface area contributed by atoms with Gasteiger partial charge in [-0.15, -0.1) is 0 Å². The van der Waals surface area contributed by atoms with E-state index in [-0.39, 0.29) is 16.9 Å². The summed E-state index contributed by atoms with van der Waals surface area (Å²) in [6.07, 6.45) is 6.43. The Hall–Kier alpha value is -3.62. The van der Waals surface area contributed by atoms with Gasteiger partial charge in [-0.3, -0.25) is 14.7 Å². The highest BCUT2D eigenvalue weighted by atomic mass is 16.5. The average Bonchev–Trinajstić information content (AvgIpc) is 3.24. The van der Waals surface area contributed by atoms with Crippen LogP contribution in [0.3, 0.4) is 0 Å². The van der Waals surface area contributed by atoms with Crippen LogP contribution in [-0.2, 0) is 7.05 Å². The predicted molar refractivity (Wildman–Crippen MR) is 91.0 cm³/mol. The molecule has 0 bridgehead atoms. The Morgan fingerprint density at radius 2 is 2.16 bits per heavy atom. The zero-order valence-corrected chi connectivity index (χ0v) is 13.5. The van der Waals surface area contributed by atoms with Crippen LogP contribution >= 0.6 is 0 Å². The number of H-pyrrole nitrogens is 1. The first-order valence-electron chi connectivity index (χ1n) is 7.43. The second kappa shape index (κ2) is 5.48. The highest BCUT2D eigenvalue weighted by Gasteiger charge is 2.16. The van der Waals surface area contributed by atoms with E-state index in [4.69, 9.17) is 4.74 Å². The van der Waals surface area contributed by atoms with Crippen molar-refractivity contribution < 1.29 is 9.53 Å². The molecule has 0 unspecified atom stereocenters. The van der Waals surface area contributed by atoms with Gasteiger partial charge in [-0.25, -0.2) is 4.98 Å². The van der Waals surface area contributed by atoms with Crippen LogP contribution < -0.4 is 15.6 Å². The van der Waals surface area contributed by atoms with Crippen LogP contribution in [0.4, 0.5) is 5.69 Å². The highest BCUT2D eigenvalue weighted by Crippen LogP contribution is 2.29. The lowest BCUT2D eigenvalue weighted by Gasteiger charge is -2.09. The number of carbonyl (C=O) groups excluding carboxylic acids is 1. The summed E-state index contributed by atoms with van der Waals surface area (Å²) in [5.74, 6) is 0.0525. The second-order valence-corrected chi connectivity index (χ2v) is 5.54. The summed E-state index contributed by atoms with van der Waals surface area (Å²) >= 11 is 0. The van der Waals surface area contributed by atoms with Gasteiger partial charge in [0.15, 0.2) is 0 Å². The number of hydrogen-bond acceptors (Lipinski definition) is 5. The maximum atomic E-state index is 12.5. The number of ether oxygens (including phenoxy) is 1. The van der Waals surface area contributed by atoms with Crippen molar-refractivity contribution in [2.75, 3.05) is 12.4 Å². The predicted octanol–water partition coefficient (Wildman–Crippen LogP) is 1.17. The van der Waals surface area contributed by atoms with Crippen molar-refractivity contribution in [1.29, 1.82) is 0 Å². The molecule has 0 radical (unpaired) electrons. The number of aromatic nitrogens is 5. The van der Waals surface area contributed by atoms with E-state index in [9.17, 15) is 9.59 Å². The van der Waals surface area contributed by atoms with Gasteiger partial charge in [-0.1, -0.05) is 0 Å². The molecule has 25 heavy (non-hydrogen) atoms. The zero-order chi connectivity index (χ0) is 17.6. The van der Waals surface area contributed by atoms with Crippen molar-refractivity contribution in [3.8, 4) is 5.75 Å². The number of carbonyl (C=O) groups is 1. The van der Waals surface area contributed by atoms with E-state index in [1.54, 1.807) is 37.8 Å². The second-order valence-electron chi connectivity index (χ2n) is 5.54. The van der Waals surface area contributed by atoms with Crippen LogP contribution in [0.25, 0.3) is 16.6 Å². The Morgan fingerprint density at radius 3 is 2.96 bits per heavy atom. The smallest absolute Gasteiger partial charge is 0.293 e. The third-order valence-electron chi connectivity index (χ3n) is 3.94. The van der Waals surface area contributed by atoms with Crippen molar-refractivity contribution in [3.63, 3.8) is 0 Å². The summed E-state index contributed by atoms with van der Waals surface area (Å²) in [5, 5.41) is 10.4. The molecule has 0 saturated carbocycles. The fourth-order valence-electron chi connectivity index (χ4n) is 2.60. The SMILES string of the molecule is COc1cc2[nH]ncc2cc1NC(=O)c1cn2ccn(C)c(=O)c2n1. The van der Waals surface area contributed by atoms with Gasteiger partial charge in [0.25, 0.3) is 11.5 Å². The molecule has 9 nitrogen and oxygen atoms in total. The molecule has 126 valence electrons. The fourth-order valence-corrected chi connectivity index (χ4v) is 2.60. The fraction of sp³-hybridized carbons (Fsp3) is 0.125. The molecule has 0 spiro atoms. The molecule has 1 amide bonds. The van der Waals surface area contributed by atoms with Gasteiger partial charge in [0, 0.05) is 37.1 Å². The minimum atomic E-state index is -0.438. The van der Waals surface area contributed by atoms with Crippen molar-refractivity contribution in [2.24, 2.45) is 7.05 Å². The summed E-state index contributed by atoms with van der Waals surface area (Å²) < 4.78 is 8.24. The first-order chi connectivity index (χ1) is 12.1. The summed E-state index contributed by atoms with van der Waals surface area (Å²) in [5.41, 5.74) is 1.33. The molecule has 9 heteroatoms. The van der Waals surface area contributed by atoms with Gasteiger partial charge in [-0.05, 0) is 6.07 Å². The van der Waals surface area contributed by atoms with E-state index in [2.05, 4.69) is 20.5 Å². The Balaban J connectivity index is 1.72. The molecule has 3 heterocycles. The van der Waals surface area contributed by atoms with E-state index < -0.39 is 5.91 Å². The maximum Gasteiger partial charge on any atom is 0.293 e. The average molecular weight is 338 g/mol. The van der Waals surface area contributed by atoms with E-state index >= 15 is 0 Å². The summed E-state index contributed by atoms with van der Waals surface area (Å²) in [4.78, 5) is 28.7. The van der Waals surface area contributed by atoms with Crippen molar-refractivity contribution in [2.45, 2.75) is 0 Å². The Kier molecular flexibility index (Phi) is 3.27. The number of fused-ring (bicyclic) bond motifs is 2. The van der Waals surface area contributed by atoms with Crippen LogP contribution in [0.5, 0.6) is 5.75 Å². The minimum absolute atomic E-state index is 0.137. The number of imidazole rings is 1. The number of rotatable bonds is 3. The standard InChI is InChI=1S/C16H14N6O3/c1-21-3-4-22-8-12(18-14(22)16(21)24)15(23)19-11-5-9-7-17-20-10(9)6-13(11)25-2/h3-8H,1-2H3,(H,17,20)(H,19,23). The number of aromatic amines is 1. The van der Waals surface area contributed by atoms with Crippen molar-refractivity contribution >= 4 is 28.1 Å². The van der Waals surface area contributed by atoms with Crippen molar-refractivity contribution in [1.82, 2.24) is 24.1 Å². The number of benzene rings is 1. The van der Waals surface area contributed by atoms with Gasteiger partial charge >= 0.3 is 0 Å². The topological polar surface area (TPSA) is 106 Å². The normalized spacial score (nSPS) is 11.1. The third-order valence-corrected chi connectivity index (χ3v) is 3.94. The molecule has 0 aliphatic rings. The molecule has 0 aliphatic heterocycles. The van der Waals surface area contributed by atoms with Crippen LogP contribution in [0.15, 0.2) is 41.7 Å². The number of hydrogen-bond donors (Lipinski definition) is 2. The molecule has 4 aromatic rings. The molecule has 0 aliphatic carbocycles. The summed E-state index contributed by atoms with van der Waals surface area (Å²) in [7, 11) is 3.14. The number of amides is 1. The zero-order valence-electron chi connectivity index (χ0n) is 13.5. The Morgan fingerprint density at radius 1 is 1.32 bits per heavy atom. The number of anilines is 1. The van der Waals surface area contributed by atoms with Crippen LogP contribution in [0.1, 0.15) is 10.5 Å². The van der Waals surface area contributed by atoms with Gasteiger partial charge in [0.2, 0.25) is 5.65 Å². The molecule has 1 aromatic carbocycles. The van der Waals surface area contributed by atoms with E-state index in [0.717, 1.165) is 10.9 Å². The molecule has 2 N–H and O–H groups in total. The molecular weight excluding hydrogens is 324 g/mol. The molecule has 0 atom stereocenters. The minimum Gasteiger partial charge on any atom is -0.494 e. The largest absolute Gasteiger partial charge is 0.494 e. The number of aryl methyl sites for hydroxylation is 1. The number of nitrogens with one attached hydrogen (secondary N) is 2. The molecule has 0 fully saturated rings. The van der Waals surface area contributed by atoms with E-state index in [1.165, 1.54) is 22.3 Å². The monoisotopic (exact) mass is 338 g/mol. The van der Waals surface area contributed by atoms with Crippen LogP contribution in [0.2, 0.25) is 0 Å². The first kappa shape index (κ1) is 14.9. The molecule has 0 saturated heterocycles. The number of nitrogens with zero attached hydrogens (tertiary/aromatic N) is 4. The lowest BCUT2D eigenvalue weighted by molar-refractivity contribution is 0.102. The molecule has 3 aromatic heterocycles. The van der Waals surface area contributed by atoms with Gasteiger partial charge in [0.1, 0.15) is 11.4 Å². The quantitative estimate of drug-likeness (QED) is 0.583. The highest BCUT2D eigenvalue weighted by molar-refractivity contribution is 6.05. The Bertz CT molecular complexity index is 1170. The lowest BCUT2D eigenvalue weighted by atomic mass is 10.2. The van der Waals surface area contributed by atoms with E-state index in [0.29, 0.717) is 11.4 Å². The lowest BCUT2D eigenvalue weighted by Crippen LogP contribution is -2.18.